The van der Waals surface area contributed by atoms with Gasteiger partial charge in [-0.3, -0.25) is 0 Å². The van der Waals surface area contributed by atoms with Crippen LogP contribution in [0.2, 0.25) is 0 Å². The fraction of sp³-hybridized carbons (Fsp3) is 0.611. The smallest absolute Gasteiger partial charge is 0.475 e. The Balaban J connectivity index is 0.000000345. The van der Waals surface area contributed by atoms with Gasteiger partial charge in [-0.2, -0.15) is 13.2 Å². The number of likely N-dealkylation sites (N-methyl/N-ethyl adjacent to an activating group) is 1. The lowest BCUT2D eigenvalue weighted by Gasteiger charge is -2.37. The summed E-state index contributed by atoms with van der Waals surface area (Å²) < 4.78 is 33.9. The van der Waals surface area contributed by atoms with E-state index in [0.29, 0.717) is 18.0 Å². The largest absolute Gasteiger partial charge is 0.490 e. The highest BCUT2D eigenvalue weighted by Crippen LogP contribution is 2.28. The fourth-order valence-corrected chi connectivity index (χ4v) is 3.30. The van der Waals surface area contributed by atoms with Crippen LogP contribution in [0.25, 0.3) is 11.0 Å². The lowest BCUT2D eigenvalue weighted by atomic mass is 9.93. The molecule has 3 heterocycles. The molecule has 2 aromatic rings. The number of carboxylic acid groups (broad SMARTS) is 1. The van der Waals surface area contributed by atoms with E-state index in [1.54, 1.807) is 6.33 Å². The molecule has 0 aliphatic carbocycles. The molecule has 2 aromatic heterocycles. The monoisotopic (exact) mass is 401 g/mol. The van der Waals surface area contributed by atoms with Crippen LogP contribution in [0.15, 0.2) is 18.6 Å². The molecule has 0 unspecified atom stereocenters. The number of carboxylic acids is 1. The van der Waals surface area contributed by atoms with Gasteiger partial charge in [0.1, 0.15) is 17.8 Å². The van der Waals surface area contributed by atoms with Gasteiger partial charge < -0.3 is 19.9 Å². The lowest BCUT2D eigenvalue weighted by molar-refractivity contribution is -0.192. The van der Waals surface area contributed by atoms with Crippen LogP contribution in [0.3, 0.4) is 0 Å². The van der Waals surface area contributed by atoms with Gasteiger partial charge in [0, 0.05) is 31.9 Å². The minimum absolute atomic E-state index is 0.408. The number of nitrogens with one attached hydrogen (secondary N) is 1. The number of aliphatic carboxylic acids is 1. The number of anilines is 1. The van der Waals surface area contributed by atoms with Crippen molar-refractivity contribution in [3.05, 3.63) is 18.6 Å². The van der Waals surface area contributed by atoms with Crippen molar-refractivity contribution in [2.24, 2.45) is 5.92 Å². The number of piperidine rings is 1. The molecule has 2 N–H and O–H groups in total. The van der Waals surface area contributed by atoms with Gasteiger partial charge in [0.2, 0.25) is 0 Å². The van der Waals surface area contributed by atoms with Gasteiger partial charge >= 0.3 is 12.1 Å². The summed E-state index contributed by atoms with van der Waals surface area (Å²) in [6.07, 6.45) is -0.0614. The molecule has 0 saturated carbocycles. The van der Waals surface area contributed by atoms with Crippen molar-refractivity contribution in [1.82, 2.24) is 19.9 Å². The van der Waals surface area contributed by atoms with Crippen LogP contribution in [-0.2, 0) is 4.79 Å². The first-order valence-corrected chi connectivity index (χ1v) is 9.09. The Labute approximate surface area is 161 Å². The van der Waals surface area contributed by atoms with E-state index in [2.05, 4.69) is 64.8 Å². The molecule has 0 amide bonds. The first-order valence-electron chi connectivity index (χ1n) is 9.09. The van der Waals surface area contributed by atoms with E-state index >= 15 is 0 Å². The maximum absolute atomic E-state index is 10.6. The average Bonchev–Trinajstić information content (AvgIpc) is 3.05. The third-order valence-electron chi connectivity index (χ3n) is 4.91. The first-order chi connectivity index (χ1) is 13.0. The maximum Gasteiger partial charge on any atom is 0.490 e. The quantitative estimate of drug-likeness (QED) is 0.823. The summed E-state index contributed by atoms with van der Waals surface area (Å²) in [5.74, 6) is -1.04. The molecule has 7 nitrogen and oxygen atoms in total. The number of aromatic nitrogens is 3. The minimum Gasteiger partial charge on any atom is -0.475 e. The zero-order chi connectivity index (χ0) is 21.1. The fourth-order valence-electron chi connectivity index (χ4n) is 3.30. The highest BCUT2D eigenvalue weighted by molar-refractivity contribution is 5.88. The number of alkyl halides is 3. The molecule has 156 valence electrons. The third kappa shape index (κ3) is 4.92. The number of fused-ring (bicyclic) bond motifs is 1. The number of carbonyl (C=O) groups is 1. The van der Waals surface area contributed by atoms with Crippen molar-refractivity contribution in [2.45, 2.75) is 45.5 Å². The number of nitrogens with zero attached hydrogens (tertiary/aromatic N) is 4. The van der Waals surface area contributed by atoms with Crippen molar-refractivity contribution >= 4 is 22.8 Å². The van der Waals surface area contributed by atoms with Crippen LogP contribution >= 0.6 is 0 Å². The summed E-state index contributed by atoms with van der Waals surface area (Å²) in [7, 11) is 2.16. The second-order valence-electron chi connectivity index (χ2n) is 7.20. The van der Waals surface area contributed by atoms with Gasteiger partial charge in [-0.05, 0) is 38.8 Å². The average molecular weight is 401 g/mol. The van der Waals surface area contributed by atoms with E-state index in [-0.39, 0.29) is 0 Å². The molecular weight excluding hydrogens is 375 g/mol. The lowest BCUT2D eigenvalue weighted by Crippen LogP contribution is -2.49. The molecule has 10 heteroatoms. The van der Waals surface area contributed by atoms with Crippen molar-refractivity contribution in [3.63, 3.8) is 0 Å². The highest BCUT2D eigenvalue weighted by Gasteiger charge is 2.38. The van der Waals surface area contributed by atoms with E-state index in [9.17, 15) is 13.2 Å². The molecular formula is C18H26F3N5O2. The van der Waals surface area contributed by atoms with E-state index in [0.717, 1.165) is 29.9 Å². The summed E-state index contributed by atoms with van der Waals surface area (Å²) >= 11 is 0. The highest BCUT2D eigenvalue weighted by atomic mass is 19.4. The standard InChI is InChI=1S/C16H25N5.C2HF3O2/c1-11(2)21-8-6-13-15(18-10-19-16(13)21)20(4)14-9-17-7-5-12(14)3;3-2(4,5)1(6)7/h6,8,10-12,14,17H,5,7,9H2,1-4H3;(H,6,7)/t12-,14+;/m1./s1. The second kappa shape index (κ2) is 8.76. The Morgan fingerprint density at radius 2 is 2.04 bits per heavy atom. The molecule has 28 heavy (non-hydrogen) atoms. The number of hydrogen-bond acceptors (Lipinski definition) is 5. The molecule has 2 atom stereocenters. The summed E-state index contributed by atoms with van der Waals surface area (Å²) in [4.78, 5) is 20.3. The van der Waals surface area contributed by atoms with E-state index in [1.807, 2.05) is 0 Å². The Bertz CT molecular complexity index is 806. The van der Waals surface area contributed by atoms with Crippen LogP contribution in [0.5, 0.6) is 0 Å². The van der Waals surface area contributed by atoms with Gasteiger partial charge in [-0.15, -0.1) is 0 Å². The summed E-state index contributed by atoms with van der Waals surface area (Å²) in [6.45, 7) is 8.83. The van der Waals surface area contributed by atoms with Gasteiger partial charge in [0.05, 0.1) is 5.39 Å². The van der Waals surface area contributed by atoms with E-state index < -0.39 is 12.1 Å². The molecule has 3 rings (SSSR count). The number of rotatable bonds is 3. The van der Waals surface area contributed by atoms with Crippen LogP contribution < -0.4 is 10.2 Å². The number of halogens is 3. The molecule has 1 saturated heterocycles. The molecule has 1 aliphatic rings. The van der Waals surface area contributed by atoms with E-state index in [1.165, 1.54) is 6.42 Å². The minimum atomic E-state index is -5.08. The SMILES string of the molecule is CC(C)n1ccc2c(N(C)[C@H]3CNCC[C@H]3C)ncnc21.O=C(O)C(F)(F)F. The van der Waals surface area contributed by atoms with Crippen molar-refractivity contribution in [1.29, 1.82) is 0 Å². The Morgan fingerprint density at radius 1 is 1.39 bits per heavy atom. The normalized spacial score (nSPS) is 20.0. The van der Waals surface area contributed by atoms with Crippen molar-refractivity contribution in [3.8, 4) is 0 Å². The molecule has 0 radical (unpaired) electrons. The summed E-state index contributed by atoms with van der Waals surface area (Å²) in [5, 5.41) is 11.8. The van der Waals surface area contributed by atoms with Crippen molar-refractivity contribution in [2.75, 3.05) is 25.0 Å². The molecule has 0 aromatic carbocycles. The maximum atomic E-state index is 10.6. The predicted octanol–water partition coefficient (Wildman–Crippen LogP) is 3.08. The van der Waals surface area contributed by atoms with Gasteiger partial charge in [-0.1, -0.05) is 6.92 Å². The number of hydrogen-bond donors (Lipinski definition) is 2. The van der Waals surface area contributed by atoms with Gasteiger partial charge in [0.15, 0.2) is 0 Å². The van der Waals surface area contributed by atoms with Gasteiger partial charge in [-0.25, -0.2) is 14.8 Å². The Hall–Kier alpha value is -2.36. The Morgan fingerprint density at radius 3 is 2.57 bits per heavy atom. The molecule has 1 fully saturated rings. The second-order valence-corrected chi connectivity index (χ2v) is 7.20. The van der Waals surface area contributed by atoms with Crippen LogP contribution in [0.1, 0.15) is 33.2 Å². The van der Waals surface area contributed by atoms with Crippen molar-refractivity contribution < 1.29 is 23.1 Å². The zero-order valence-corrected chi connectivity index (χ0v) is 16.4. The molecule has 0 bridgehead atoms. The molecule has 1 aliphatic heterocycles. The Kier molecular flexibility index (Phi) is 6.87. The summed E-state index contributed by atoms with van der Waals surface area (Å²) in [5.41, 5.74) is 1.03. The van der Waals surface area contributed by atoms with Crippen LogP contribution in [0.4, 0.5) is 19.0 Å². The topological polar surface area (TPSA) is 83.3 Å². The van der Waals surface area contributed by atoms with Crippen LogP contribution in [-0.4, -0.2) is 58.0 Å². The zero-order valence-electron chi connectivity index (χ0n) is 16.4. The van der Waals surface area contributed by atoms with Gasteiger partial charge in [0.25, 0.3) is 0 Å². The first kappa shape index (κ1) is 21.9. The predicted molar refractivity (Wildman–Crippen MR) is 100 cm³/mol. The van der Waals surface area contributed by atoms with Crippen LogP contribution in [0, 0.1) is 5.92 Å². The third-order valence-corrected chi connectivity index (χ3v) is 4.91. The molecule has 0 spiro atoms. The summed E-state index contributed by atoms with van der Waals surface area (Å²) in [6, 6.07) is 3.03. The van der Waals surface area contributed by atoms with E-state index in [4.69, 9.17) is 9.90 Å².